The van der Waals surface area contributed by atoms with Gasteiger partial charge in [0, 0.05) is 0 Å². The van der Waals surface area contributed by atoms with Gasteiger partial charge in [-0.1, -0.05) is 6.07 Å². The molecule has 0 amide bonds. The van der Waals surface area contributed by atoms with Crippen molar-refractivity contribution in [2.24, 2.45) is 0 Å². The molecule has 3 rings (SSSR count). The molecule has 0 aliphatic carbocycles. The first-order valence-corrected chi connectivity index (χ1v) is 7.62. The third-order valence-corrected chi connectivity index (χ3v) is 4.18. The lowest BCUT2D eigenvalue weighted by molar-refractivity contribution is 0.171. The van der Waals surface area contributed by atoms with E-state index in [9.17, 15) is 12.8 Å². The Bertz CT molecular complexity index is 759. The van der Waals surface area contributed by atoms with Crippen molar-refractivity contribution in [2.45, 2.75) is 4.90 Å². The van der Waals surface area contributed by atoms with Crippen molar-refractivity contribution in [1.29, 1.82) is 0 Å². The van der Waals surface area contributed by atoms with Crippen LogP contribution in [-0.4, -0.2) is 21.6 Å². The van der Waals surface area contributed by atoms with Gasteiger partial charge in [0.15, 0.2) is 11.5 Å². The molecular weight excluding hydrogens is 297 g/mol. The number of nitrogens with zero attached hydrogens (tertiary/aromatic N) is 1. The van der Waals surface area contributed by atoms with Crippen LogP contribution in [-0.2, 0) is 10.0 Å². The Morgan fingerprint density at radius 1 is 0.952 bits per heavy atom. The molecule has 0 bridgehead atoms. The van der Waals surface area contributed by atoms with Crippen molar-refractivity contribution in [3.8, 4) is 11.5 Å². The van der Waals surface area contributed by atoms with Gasteiger partial charge in [0.05, 0.1) is 4.90 Å². The molecular formula is C14H11FNO4S-. The highest BCUT2D eigenvalue weighted by atomic mass is 32.2. The fourth-order valence-corrected chi connectivity index (χ4v) is 2.86. The van der Waals surface area contributed by atoms with Crippen LogP contribution < -0.4 is 9.47 Å². The van der Waals surface area contributed by atoms with Gasteiger partial charge < -0.3 is 14.2 Å². The Morgan fingerprint density at radius 2 is 1.62 bits per heavy atom. The Balaban J connectivity index is 1.87. The lowest BCUT2D eigenvalue weighted by atomic mass is 10.3. The summed E-state index contributed by atoms with van der Waals surface area (Å²) in [6.07, 6.45) is 0. The standard InChI is InChI=1S/C14H11FNO4S/c15-10-1-4-12(5-2-10)21(17,18)16-11-3-6-13-14(9-11)20-8-7-19-13/h1-6,9H,7-8H2/q-1. The molecule has 0 atom stereocenters. The molecule has 2 aromatic rings. The predicted molar refractivity (Wildman–Crippen MR) is 74.0 cm³/mol. The number of rotatable bonds is 3. The summed E-state index contributed by atoms with van der Waals surface area (Å²) in [6, 6.07) is 9.12. The number of sulfonamides is 1. The van der Waals surface area contributed by atoms with Crippen LogP contribution in [0.5, 0.6) is 11.5 Å². The summed E-state index contributed by atoms with van der Waals surface area (Å²) in [7, 11) is -3.89. The van der Waals surface area contributed by atoms with Crippen molar-refractivity contribution in [3.05, 3.63) is 53.0 Å². The quantitative estimate of drug-likeness (QED) is 0.874. The number of benzene rings is 2. The maximum atomic E-state index is 12.8. The molecule has 1 heterocycles. The molecule has 1 aliphatic heterocycles. The fraction of sp³-hybridized carbons (Fsp3) is 0.143. The fourth-order valence-electron chi connectivity index (χ4n) is 1.89. The summed E-state index contributed by atoms with van der Waals surface area (Å²) < 4.78 is 51.5. The van der Waals surface area contributed by atoms with Gasteiger partial charge in [-0.2, -0.15) is 0 Å². The van der Waals surface area contributed by atoms with E-state index < -0.39 is 15.8 Å². The highest BCUT2D eigenvalue weighted by Gasteiger charge is 2.11. The first kappa shape index (κ1) is 13.7. The third kappa shape index (κ3) is 2.92. The van der Waals surface area contributed by atoms with Crippen molar-refractivity contribution in [3.63, 3.8) is 0 Å². The zero-order valence-electron chi connectivity index (χ0n) is 10.8. The number of fused-ring (bicyclic) bond motifs is 1. The normalized spacial score (nSPS) is 13.8. The molecule has 2 aromatic carbocycles. The molecule has 0 saturated carbocycles. The van der Waals surface area contributed by atoms with Gasteiger partial charge in [0.2, 0.25) is 0 Å². The van der Waals surface area contributed by atoms with Crippen LogP contribution in [0.4, 0.5) is 10.1 Å². The molecule has 7 heteroatoms. The van der Waals surface area contributed by atoms with Crippen molar-refractivity contribution < 1.29 is 22.3 Å². The number of hydrogen-bond donors (Lipinski definition) is 0. The summed E-state index contributed by atoms with van der Waals surface area (Å²) in [5, 5.41) is 0. The van der Waals surface area contributed by atoms with Crippen LogP contribution in [0.25, 0.3) is 4.72 Å². The molecule has 0 saturated heterocycles. The van der Waals surface area contributed by atoms with E-state index in [-0.39, 0.29) is 10.6 Å². The van der Waals surface area contributed by atoms with E-state index in [1.54, 1.807) is 6.07 Å². The van der Waals surface area contributed by atoms with Crippen LogP contribution in [0.2, 0.25) is 0 Å². The minimum atomic E-state index is -3.89. The summed E-state index contributed by atoms with van der Waals surface area (Å²) in [5.41, 5.74) is 0.226. The van der Waals surface area contributed by atoms with Crippen molar-refractivity contribution in [1.82, 2.24) is 0 Å². The average Bonchev–Trinajstić information content (AvgIpc) is 2.47. The maximum absolute atomic E-state index is 12.8. The molecule has 0 radical (unpaired) electrons. The van der Waals surface area contributed by atoms with Crippen LogP contribution in [0.1, 0.15) is 0 Å². The van der Waals surface area contributed by atoms with E-state index in [0.717, 1.165) is 12.1 Å². The SMILES string of the molecule is O=S(=O)([N-]c1ccc2c(c1)OCCO2)c1ccc(F)cc1. The topological polar surface area (TPSA) is 66.7 Å². The second kappa shape index (κ2) is 5.25. The molecule has 1 aliphatic rings. The summed E-state index contributed by atoms with van der Waals surface area (Å²) in [4.78, 5) is -0.0706. The number of halogens is 1. The Hall–Kier alpha value is -2.28. The van der Waals surface area contributed by atoms with Crippen molar-refractivity contribution in [2.75, 3.05) is 13.2 Å². The molecule has 0 spiro atoms. The molecule has 110 valence electrons. The summed E-state index contributed by atoms with van der Waals surface area (Å²) >= 11 is 0. The van der Waals surface area contributed by atoms with Gasteiger partial charge in [-0.25, -0.2) is 12.8 Å². The highest BCUT2D eigenvalue weighted by molar-refractivity contribution is 7.94. The summed E-state index contributed by atoms with van der Waals surface area (Å²) in [5.74, 6) is 0.504. The van der Waals surface area contributed by atoms with Crippen molar-refractivity contribution >= 4 is 15.7 Å². The minimum Gasteiger partial charge on any atom is -0.573 e. The molecule has 0 unspecified atom stereocenters. The van der Waals surface area contributed by atoms with E-state index in [4.69, 9.17) is 9.47 Å². The monoisotopic (exact) mass is 308 g/mol. The van der Waals surface area contributed by atoms with E-state index in [2.05, 4.69) is 4.72 Å². The van der Waals surface area contributed by atoms with E-state index >= 15 is 0 Å². The van der Waals surface area contributed by atoms with E-state index in [1.165, 1.54) is 24.3 Å². The van der Waals surface area contributed by atoms with Gasteiger partial charge in [-0.3, -0.25) is 0 Å². The van der Waals surface area contributed by atoms with Gasteiger partial charge >= 0.3 is 0 Å². The van der Waals surface area contributed by atoms with E-state index in [1.807, 2.05) is 0 Å². The van der Waals surface area contributed by atoms with E-state index in [0.29, 0.717) is 24.7 Å². The first-order valence-electron chi connectivity index (χ1n) is 6.18. The Morgan fingerprint density at radius 3 is 2.33 bits per heavy atom. The molecule has 5 nitrogen and oxygen atoms in total. The first-order chi connectivity index (χ1) is 10.0. The van der Waals surface area contributed by atoms with Gasteiger partial charge in [0.1, 0.15) is 29.1 Å². The van der Waals surface area contributed by atoms with Gasteiger partial charge in [0.25, 0.3) is 0 Å². The van der Waals surface area contributed by atoms with Gasteiger partial charge in [-0.05, 0) is 36.4 Å². The summed E-state index contributed by atoms with van der Waals surface area (Å²) in [6.45, 7) is 0.860. The zero-order valence-corrected chi connectivity index (χ0v) is 11.6. The second-order valence-corrected chi connectivity index (χ2v) is 5.95. The van der Waals surface area contributed by atoms with Crippen LogP contribution in [0.15, 0.2) is 47.4 Å². The van der Waals surface area contributed by atoms with Gasteiger partial charge in [-0.15, -0.1) is 5.69 Å². The van der Waals surface area contributed by atoms with Crippen LogP contribution in [0.3, 0.4) is 0 Å². The maximum Gasteiger partial charge on any atom is 0.161 e. The molecule has 21 heavy (non-hydrogen) atoms. The Kier molecular flexibility index (Phi) is 3.42. The number of ether oxygens (including phenoxy) is 2. The number of hydrogen-bond acceptors (Lipinski definition) is 4. The second-order valence-electron chi connectivity index (χ2n) is 4.35. The average molecular weight is 308 g/mol. The highest BCUT2D eigenvalue weighted by Crippen LogP contribution is 2.37. The largest absolute Gasteiger partial charge is 0.573 e. The zero-order chi connectivity index (χ0) is 14.9. The smallest absolute Gasteiger partial charge is 0.161 e. The Labute approximate surface area is 121 Å². The third-order valence-electron chi connectivity index (χ3n) is 2.86. The van der Waals surface area contributed by atoms with Crippen LogP contribution >= 0.6 is 0 Å². The lowest BCUT2D eigenvalue weighted by Gasteiger charge is -2.25. The van der Waals surface area contributed by atoms with Crippen LogP contribution in [0, 0.1) is 5.82 Å². The lowest BCUT2D eigenvalue weighted by Crippen LogP contribution is -2.15. The molecule has 0 aromatic heterocycles. The minimum absolute atomic E-state index is 0.0706. The molecule has 0 fully saturated rings. The molecule has 0 N–H and O–H groups in total. The predicted octanol–water partition coefficient (Wildman–Crippen LogP) is 2.99.